The average molecular weight is 257 g/mol. The van der Waals surface area contributed by atoms with Crippen LogP contribution in [-0.2, 0) is 9.59 Å². The fraction of sp³-hybridized carbons (Fsp3) is 0.846. The number of aliphatic carboxylic acids is 2. The largest absolute Gasteiger partial charge is 0.481 e. The molecule has 1 aliphatic rings. The van der Waals surface area contributed by atoms with Crippen LogP contribution in [0.4, 0.5) is 0 Å². The SMILES string of the molecule is O=C(O)C1CCCCCC(C(=O)O)CCNCC1. The minimum atomic E-state index is -0.711. The van der Waals surface area contributed by atoms with Crippen LogP contribution in [0.25, 0.3) is 0 Å². The van der Waals surface area contributed by atoms with Crippen LogP contribution in [0.2, 0.25) is 0 Å². The zero-order valence-corrected chi connectivity index (χ0v) is 10.7. The molecule has 0 radical (unpaired) electrons. The second kappa shape index (κ2) is 8.08. The minimum absolute atomic E-state index is 0.257. The van der Waals surface area contributed by atoms with Gasteiger partial charge in [0, 0.05) is 0 Å². The first-order valence-corrected chi connectivity index (χ1v) is 6.77. The van der Waals surface area contributed by atoms with Gasteiger partial charge in [0.1, 0.15) is 0 Å². The Morgan fingerprint density at radius 3 is 1.61 bits per heavy atom. The lowest BCUT2D eigenvalue weighted by Gasteiger charge is -2.17. The van der Waals surface area contributed by atoms with E-state index in [1.807, 2.05) is 0 Å². The van der Waals surface area contributed by atoms with E-state index in [4.69, 9.17) is 10.2 Å². The lowest BCUT2D eigenvalue weighted by atomic mass is 9.93. The topological polar surface area (TPSA) is 86.6 Å². The molecule has 0 amide bonds. The molecule has 0 aromatic carbocycles. The normalized spacial score (nSPS) is 27.8. The van der Waals surface area contributed by atoms with Gasteiger partial charge in [0.05, 0.1) is 11.8 Å². The lowest BCUT2D eigenvalue weighted by Crippen LogP contribution is -2.26. The molecule has 2 atom stereocenters. The van der Waals surface area contributed by atoms with Crippen molar-refractivity contribution < 1.29 is 19.8 Å². The Morgan fingerprint density at radius 2 is 1.22 bits per heavy atom. The number of carboxylic acid groups (broad SMARTS) is 2. The van der Waals surface area contributed by atoms with E-state index in [2.05, 4.69) is 5.32 Å². The fourth-order valence-corrected chi connectivity index (χ4v) is 2.42. The van der Waals surface area contributed by atoms with E-state index in [1.165, 1.54) is 0 Å². The highest BCUT2D eigenvalue weighted by atomic mass is 16.4. The van der Waals surface area contributed by atoms with Crippen molar-refractivity contribution in [3.05, 3.63) is 0 Å². The van der Waals surface area contributed by atoms with Crippen LogP contribution < -0.4 is 5.32 Å². The number of hydrogen-bond acceptors (Lipinski definition) is 3. The maximum absolute atomic E-state index is 11.0. The number of carbonyl (C=O) groups is 2. The van der Waals surface area contributed by atoms with Gasteiger partial charge >= 0.3 is 11.9 Å². The van der Waals surface area contributed by atoms with Gasteiger partial charge < -0.3 is 15.5 Å². The van der Waals surface area contributed by atoms with Crippen LogP contribution in [0.3, 0.4) is 0 Å². The van der Waals surface area contributed by atoms with E-state index < -0.39 is 11.9 Å². The smallest absolute Gasteiger partial charge is 0.306 e. The molecule has 0 aliphatic carbocycles. The third-order valence-corrected chi connectivity index (χ3v) is 3.64. The van der Waals surface area contributed by atoms with Gasteiger partial charge in [-0.25, -0.2) is 0 Å². The molecule has 3 N–H and O–H groups in total. The van der Waals surface area contributed by atoms with Crippen molar-refractivity contribution in [3.63, 3.8) is 0 Å². The monoisotopic (exact) mass is 257 g/mol. The summed E-state index contributed by atoms with van der Waals surface area (Å²) in [6.45, 7) is 1.31. The molecule has 18 heavy (non-hydrogen) atoms. The van der Waals surface area contributed by atoms with Crippen molar-refractivity contribution in [1.82, 2.24) is 5.32 Å². The Balaban J connectivity index is 2.42. The molecule has 0 aromatic rings. The van der Waals surface area contributed by atoms with Gasteiger partial charge in [-0.15, -0.1) is 0 Å². The van der Waals surface area contributed by atoms with E-state index in [0.717, 1.165) is 19.3 Å². The molecule has 5 nitrogen and oxygen atoms in total. The van der Waals surface area contributed by atoms with Crippen molar-refractivity contribution in [2.24, 2.45) is 11.8 Å². The van der Waals surface area contributed by atoms with Gasteiger partial charge in [-0.3, -0.25) is 9.59 Å². The summed E-state index contributed by atoms with van der Waals surface area (Å²) >= 11 is 0. The van der Waals surface area contributed by atoms with Gasteiger partial charge in [0.2, 0.25) is 0 Å². The second-order valence-corrected chi connectivity index (χ2v) is 5.04. The molecule has 5 heteroatoms. The Bertz CT molecular complexity index is 240. The van der Waals surface area contributed by atoms with Gasteiger partial charge in [-0.1, -0.05) is 19.3 Å². The molecule has 0 aromatic heterocycles. The van der Waals surface area contributed by atoms with E-state index in [9.17, 15) is 9.59 Å². The summed E-state index contributed by atoms with van der Waals surface area (Å²) in [5, 5.41) is 21.3. The van der Waals surface area contributed by atoms with E-state index in [1.54, 1.807) is 0 Å². The number of hydrogen-bond donors (Lipinski definition) is 3. The maximum Gasteiger partial charge on any atom is 0.306 e. The average Bonchev–Trinajstić information content (AvgIpc) is 2.28. The van der Waals surface area contributed by atoms with Gasteiger partial charge in [0.25, 0.3) is 0 Å². The summed E-state index contributed by atoms with van der Waals surface area (Å²) in [7, 11) is 0. The quantitative estimate of drug-likeness (QED) is 0.701. The zero-order valence-electron chi connectivity index (χ0n) is 10.7. The molecule has 0 saturated carbocycles. The number of nitrogens with one attached hydrogen (secondary N) is 1. The Kier molecular flexibility index (Phi) is 6.72. The first kappa shape index (κ1) is 15.0. The van der Waals surface area contributed by atoms with Gasteiger partial charge in [-0.2, -0.15) is 0 Å². The predicted molar refractivity (Wildman–Crippen MR) is 67.4 cm³/mol. The van der Waals surface area contributed by atoms with E-state index in [-0.39, 0.29) is 11.8 Å². The van der Waals surface area contributed by atoms with E-state index >= 15 is 0 Å². The summed E-state index contributed by atoms with van der Waals surface area (Å²) in [5.74, 6) is -1.94. The van der Waals surface area contributed by atoms with Crippen LogP contribution in [0, 0.1) is 11.8 Å². The zero-order chi connectivity index (χ0) is 13.4. The van der Waals surface area contributed by atoms with Crippen molar-refractivity contribution in [3.8, 4) is 0 Å². The molecule has 104 valence electrons. The molecule has 1 saturated heterocycles. The Hall–Kier alpha value is -1.10. The van der Waals surface area contributed by atoms with E-state index in [0.29, 0.717) is 38.8 Å². The third-order valence-electron chi connectivity index (χ3n) is 3.64. The lowest BCUT2D eigenvalue weighted by molar-refractivity contribution is -0.142. The minimum Gasteiger partial charge on any atom is -0.481 e. The molecule has 1 aliphatic heterocycles. The summed E-state index contributed by atoms with van der Waals surface area (Å²) in [4.78, 5) is 22.0. The highest BCUT2D eigenvalue weighted by molar-refractivity contribution is 5.70. The first-order chi connectivity index (χ1) is 8.61. The molecular weight excluding hydrogens is 234 g/mol. The predicted octanol–water partition coefficient (Wildman–Crippen LogP) is 1.72. The highest BCUT2D eigenvalue weighted by Crippen LogP contribution is 2.19. The third kappa shape index (κ3) is 5.49. The molecule has 0 bridgehead atoms. The second-order valence-electron chi connectivity index (χ2n) is 5.04. The van der Waals surface area contributed by atoms with Crippen LogP contribution >= 0.6 is 0 Å². The maximum atomic E-state index is 11.0. The fourth-order valence-electron chi connectivity index (χ4n) is 2.42. The highest BCUT2D eigenvalue weighted by Gasteiger charge is 2.19. The van der Waals surface area contributed by atoms with Crippen LogP contribution in [0.5, 0.6) is 0 Å². The Labute approximate surface area is 108 Å². The molecule has 1 fully saturated rings. The summed E-state index contributed by atoms with van der Waals surface area (Å²) in [6.07, 6.45) is 5.36. The molecule has 0 spiro atoms. The van der Waals surface area contributed by atoms with Crippen molar-refractivity contribution >= 4 is 11.9 Å². The van der Waals surface area contributed by atoms with Gasteiger partial charge in [-0.05, 0) is 38.8 Å². The Morgan fingerprint density at radius 1 is 0.778 bits per heavy atom. The molecular formula is C13H23NO4. The van der Waals surface area contributed by atoms with Crippen LogP contribution in [0.1, 0.15) is 44.9 Å². The van der Waals surface area contributed by atoms with Crippen molar-refractivity contribution in [2.45, 2.75) is 44.9 Å². The van der Waals surface area contributed by atoms with Crippen LogP contribution in [0.15, 0.2) is 0 Å². The number of rotatable bonds is 2. The van der Waals surface area contributed by atoms with Crippen molar-refractivity contribution in [2.75, 3.05) is 13.1 Å². The summed E-state index contributed by atoms with van der Waals surface area (Å²) < 4.78 is 0. The molecule has 1 rings (SSSR count). The molecule has 1 heterocycles. The van der Waals surface area contributed by atoms with Crippen molar-refractivity contribution in [1.29, 1.82) is 0 Å². The standard InChI is InChI=1S/C13H23NO4/c15-12(16)10-4-2-1-3-5-11(13(17)18)7-9-14-8-6-10/h10-11,14H,1-9H2,(H,15,16)(H,17,18). The first-order valence-electron chi connectivity index (χ1n) is 6.77. The van der Waals surface area contributed by atoms with Gasteiger partial charge in [0.15, 0.2) is 0 Å². The molecule has 2 unspecified atom stereocenters. The van der Waals surface area contributed by atoms with Crippen LogP contribution in [-0.4, -0.2) is 35.2 Å². The number of carboxylic acids is 2. The summed E-state index contributed by atoms with van der Waals surface area (Å²) in [6, 6.07) is 0. The summed E-state index contributed by atoms with van der Waals surface area (Å²) in [5.41, 5.74) is 0.